The van der Waals surface area contributed by atoms with Gasteiger partial charge >= 0.3 is 0 Å². The van der Waals surface area contributed by atoms with Crippen molar-refractivity contribution in [2.24, 2.45) is 0 Å². The Morgan fingerprint density at radius 3 is 2.00 bits per heavy atom. The second-order valence-electron chi connectivity index (χ2n) is 12.1. The molecule has 1 aliphatic heterocycles. The van der Waals surface area contributed by atoms with Crippen LogP contribution in [-0.4, -0.2) is 9.97 Å². The predicted molar refractivity (Wildman–Crippen MR) is 185 cm³/mol. The molecular formula is C43H26N2O2. The summed E-state index contributed by atoms with van der Waals surface area (Å²) in [6.45, 7) is 0. The maximum Gasteiger partial charge on any atom is 0.160 e. The molecule has 47 heavy (non-hydrogen) atoms. The molecule has 2 aliphatic rings. The van der Waals surface area contributed by atoms with Crippen LogP contribution < -0.4 is 4.74 Å². The van der Waals surface area contributed by atoms with Crippen LogP contribution in [-0.2, 0) is 5.41 Å². The molecule has 8 aromatic rings. The van der Waals surface area contributed by atoms with Crippen molar-refractivity contribution in [1.29, 1.82) is 0 Å². The second kappa shape index (κ2) is 9.87. The van der Waals surface area contributed by atoms with E-state index in [1.54, 1.807) is 6.26 Å². The Hall–Kier alpha value is -6.26. The molecule has 1 atom stereocenters. The van der Waals surface area contributed by atoms with Gasteiger partial charge in [-0.15, -0.1) is 0 Å². The molecule has 6 aromatic carbocycles. The quantitative estimate of drug-likeness (QED) is 0.202. The van der Waals surface area contributed by atoms with E-state index in [2.05, 4.69) is 103 Å². The van der Waals surface area contributed by atoms with E-state index >= 15 is 0 Å². The fraction of sp³-hybridized carbons (Fsp3) is 0.0233. The van der Waals surface area contributed by atoms with E-state index in [0.29, 0.717) is 5.82 Å². The van der Waals surface area contributed by atoms with Crippen LogP contribution in [0.15, 0.2) is 162 Å². The van der Waals surface area contributed by atoms with Crippen molar-refractivity contribution in [2.45, 2.75) is 5.41 Å². The van der Waals surface area contributed by atoms with Crippen molar-refractivity contribution in [2.75, 3.05) is 0 Å². The lowest BCUT2D eigenvalue weighted by Gasteiger charge is -2.40. The highest BCUT2D eigenvalue weighted by atomic mass is 16.5. The number of hydrogen-bond donors (Lipinski definition) is 0. The van der Waals surface area contributed by atoms with Gasteiger partial charge in [-0.1, -0.05) is 115 Å². The van der Waals surface area contributed by atoms with E-state index in [1.807, 2.05) is 48.5 Å². The molecule has 0 amide bonds. The normalized spacial score (nSPS) is 15.5. The number of rotatable bonds is 3. The molecule has 2 aromatic heterocycles. The highest BCUT2D eigenvalue weighted by molar-refractivity contribution is 5.96. The monoisotopic (exact) mass is 602 g/mol. The van der Waals surface area contributed by atoms with Crippen LogP contribution in [0.4, 0.5) is 0 Å². The Bertz CT molecular complexity index is 2440. The van der Waals surface area contributed by atoms with Gasteiger partial charge in [0, 0.05) is 33.2 Å². The Morgan fingerprint density at radius 1 is 0.468 bits per heavy atom. The molecule has 0 saturated heterocycles. The van der Waals surface area contributed by atoms with Crippen molar-refractivity contribution in [3.05, 3.63) is 180 Å². The van der Waals surface area contributed by atoms with Crippen molar-refractivity contribution in [1.82, 2.24) is 9.97 Å². The van der Waals surface area contributed by atoms with Crippen molar-refractivity contribution in [3.8, 4) is 56.5 Å². The van der Waals surface area contributed by atoms with E-state index < -0.39 is 5.41 Å². The first kappa shape index (κ1) is 26.0. The lowest BCUT2D eigenvalue weighted by Crippen LogP contribution is -2.32. The highest BCUT2D eigenvalue weighted by Gasteiger charge is 2.51. The molecule has 1 unspecified atom stereocenters. The van der Waals surface area contributed by atoms with Crippen LogP contribution in [0.5, 0.6) is 11.5 Å². The van der Waals surface area contributed by atoms with Gasteiger partial charge in [0.15, 0.2) is 5.82 Å². The summed E-state index contributed by atoms with van der Waals surface area (Å²) in [6, 6.07) is 52.7. The van der Waals surface area contributed by atoms with Crippen LogP contribution in [0.3, 0.4) is 0 Å². The fourth-order valence-electron chi connectivity index (χ4n) is 7.64. The van der Waals surface area contributed by atoms with Gasteiger partial charge < -0.3 is 9.15 Å². The Labute approximate surface area is 271 Å². The molecular weight excluding hydrogens is 576 g/mol. The second-order valence-corrected chi connectivity index (χ2v) is 12.1. The minimum atomic E-state index is -0.620. The number of furan rings is 1. The summed E-state index contributed by atoms with van der Waals surface area (Å²) in [7, 11) is 0. The Balaban J connectivity index is 1.29. The first-order valence-electron chi connectivity index (χ1n) is 15.8. The molecule has 0 bridgehead atoms. The van der Waals surface area contributed by atoms with Crippen LogP contribution in [0, 0.1) is 0 Å². The molecule has 4 nitrogen and oxygen atoms in total. The van der Waals surface area contributed by atoms with Gasteiger partial charge in [-0.3, -0.25) is 0 Å². The standard InChI is InChI=1S/C43H26N2O2/c1-3-12-27(13-4-1)37-26-38(45-42(44-37)28-14-5-2-6-15-28)31-17-11-20-35-41(31)47-39-21-10-9-19-34(39)43(35)33-18-8-7-16-30(33)32-24-29-22-23-46-40(29)25-36(32)43/h1-26H. The van der Waals surface area contributed by atoms with E-state index in [1.165, 1.54) is 22.3 Å². The smallest absolute Gasteiger partial charge is 0.160 e. The van der Waals surface area contributed by atoms with Crippen LogP contribution in [0.1, 0.15) is 22.3 Å². The molecule has 3 heterocycles. The summed E-state index contributed by atoms with van der Waals surface area (Å²) in [5, 5.41) is 1.09. The number of aromatic nitrogens is 2. The van der Waals surface area contributed by atoms with Gasteiger partial charge in [0.25, 0.3) is 0 Å². The number of para-hydroxylation sites is 2. The zero-order valence-electron chi connectivity index (χ0n) is 25.2. The van der Waals surface area contributed by atoms with Crippen molar-refractivity contribution < 1.29 is 9.15 Å². The molecule has 4 heteroatoms. The molecule has 1 spiro atoms. The molecule has 220 valence electrons. The predicted octanol–water partition coefficient (Wildman–Crippen LogP) is 10.7. The van der Waals surface area contributed by atoms with Gasteiger partial charge in [-0.2, -0.15) is 0 Å². The summed E-state index contributed by atoms with van der Waals surface area (Å²) in [5.74, 6) is 2.29. The van der Waals surface area contributed by atoms with Gasteiger partial charge in [0.1, 0.15) is 17.1 Å². The molecule has 0 radical (unpaired) electrons. The largest absolute Gasteiger partial charge is 0.464 e. The zero-order valence-corrected chi connectivity index (χ0v) is 25.2. The number of hydrogen-bond acceptors (Lipinski definition) is 4. The van der Waals surface area contributed by atoms with Crippen LogP contribution >= 0.6 is 0 Å². The molecule has 10 rings (SSSR count). The maximum atomic E-state index is 6.96. The lowest BCUT2D eigenvalue weighted by atomic mass is 9.65. The van der Waals surface area contributed by atoms with E-state index in [0.717, 1.165) is 61.7 Å². The van der Waals surface area contributed by atoms with Gasteiger partial charge in [-0.05, 0) is 58.7 Å². The van der Waals surface area contributed by atoms with Crippen molar-refractivity contribution in [3.63, 3.8) is 0 Å². The lowest BCUT2D eigenvalue weighted by molar-refractivity contribution is 0.438. The summed E-state index contributed by atoms with van der Waals surface area (Å²) < 4.78 is 13.0. The minimum absolute atomic E-state index is 0.620. The third-order valence-electron chi connectivity index (χ3n) is 9.64. The molecule has 0 saturated carbocycles. The van der Waals surface area contributed by atoms with Crippen molar-refractivity contribution >= 4 is 11.0 Å². The zero-order chi connectivity index (χ0) is 31.0. The SMILES string of the molecule is c1ccc(-c2cc(-c3cccc4c3Oc3ccccc3C43c4ccccc4-c4cc5ccoc5cc43)nc(-c3ccccc3)n2)cc1. The summed E-state index contributed by atoms with van der Waals surface area (Å²) >= 11 is 0. The topological polar surface area (TPSA) is 48.2 Å². The average molecular weight is 603 g/mol. The summed E-state index contributed by atoms with van der Waals surface area (Å²) in [5.41, 5.74) is 11.8. The van der Waals surface area contributed by atoms with Gasteiger partial charge in [0.2, 0.25) is 0 Å². The summed E-state index contributed by atoms with van der Waals surface area (Å²) in [4.78, 5) is 10.2. The van der Waals surface area contributed by atoms with Gasteiger partial charge in [-0.25, -0.2) is 9.97 Å². The van der Waals surface area contributed by atoms with E-state index in [-0.39, 0.29) is 0 Å². The molecule has 0 N–H and O–H groups in total. The molecule has 1 aliphatic carbocycles. The number of nitrogens with zero attached hydrogens (tertiary/aromatic N) is 2. The first-order valence-corrected chi connectivity index (χ1v) is 15.8. The maximum absolute atomic E-state index is 6.96. The van der Waals surface area contributed by atoms with E-state index in [4.69, 9.17) is 19.1 Å². The van der Waals surface area contributed by atoms with Crippen LogP contribution in [0.25, 0.3) is 56.0 Å². The van der Waals surface area contributed by atoms with Gasteiger partial charge in [0.05, 0.1) is 23.1 Å². The number of fused-ring (bicyclic) bond motifs is 10. The third kappa shape index (κ3) is 3.70. The Morgan fingerprint density at radius 2 is 1.15 bits per heavy atom. The highest BCUT2D eigenvalue weighted by Crippen LogP contribution is 2.63. The first-order chi connectivity index (χ1) is 23.3. The van der Waals surface area contributed by atoms with Crippen LogP contribution in [0.2, 0.25) is 0 Å². The number of benzene rings is 6. The third-order valence-corrected chi connectivity index (χ3v) is 9.64. The fourth-order valence-corrected chi connectivity index (χ4v) is 7.64. The Kier molecular flexibility index (Phi) is 5.46. The average Bonchev–Trinajstić information content (AvgIpc) is 3.72. The van der Waals surface area contributed by atoms with E-state index in [9.17, 15) is 0 Å². The summed E-state index contributed by atoms with van der Waals surface area (Å²) in [6.07, 6.45) is 1.77. The number of ether oxygens (including phenoxy) is 1. The minimum Gasteiger partial charge on any atom is -0.464 e. The molecule has 0 fully saturated rings.